The van der Waals surface area contributed by atoms with Gasteiger partial charge in [0.1, 0.15) is 16.1 Å². The lowest BCUT2D eigenvalue weighted by atomic mass is 10.0. The minimum Gasteiger partial charge on any atom is -0.221 e. The zero-order valence-electron chi connectivity index (χ0n) is 10.5. The highest BCUT2D eigenvalue weighted by atomic mass is 35.5. The second-order valence-electron chi connectivity index (χ2n) is 5.54. The lowest BCUT2D eigenvalue weighted by Gasteiger charge is -2.15. The predicted molar refractivity (Wildman–Crippen MR) is 74.5 cm³/mol. The average molecular weight is 285 g/mol. The van der Waals surface area contributed by atoms with Gasteiger partial charge in [0, 0.05) is 11.5 Å². The Labute approximate surface area is 118 Å². The van der Waals surface area contributed by atoms with Crippen molar-refractivity contribution in [2.45, 2.75) is 63.2 Å². The summed E-state index contributed by atoms with van der Waals surface area (Å²) in [6.45, 7) is 0. The molecule has 0 aliphatic heterocycles. The van der Waals surface area contributed by atoms with Crippen molar-refractivity contribution in [3.63, 3.8) is 0 Å². The third-order valence-electron chi connectivity index (χ3n) is 4.35. The largest absolute Gasteiger partial charge is 0.221 e. The number of rotatable bonds is 2. The van der Waals surface area contributed by atoms with Crippen molar-refractivity contribution in [1.29, 1.82) is 0 Å². The lowest BCUT2D eigenvalue weighted by molar-refractivity contribution is 0.653. The summed E-state index contributed by atoms with van der Waals surface area (Å²) in [5, 5.41) is 1.20. The Morgan fingerprint density at radius 3 is 1.67 bits per heavy atom. The molecule has 2 saturated carbocycles. The molecular weight excluding hydrogens is 267 g/mol. The van der Waals surface area contributed by atoms with E-state index in [4.69, 9.17) is 23.2 Å². The van der Waals surface area contributed by atoms with Crippen LogP contribution in [0.1, 0.15) is 74.6 Å². The van der Waals surface area contributed by atoms with Gasteiger partial charge in [-0.15, -0.1) is 0 Å². The summed E-state index contributed by atoms with van der Waals surface area (Å²) in [5.74, 6) is 1.81. The molecule has 0 spiro atoms. The Morgan fingerprint density at radius 1 is 0.722 bits per heavy atom. The topological polar surface area (TPSA) is 25.8 Å². The highest BCUT2D eigenvalue weighted by Gasteiger charge is 2.27. The summed E-state index contributed by atoms with van der Waals surface area (Å²) >= 11 is 12.7. The second kappa shape index (κ2) is 5.34. The Morgan fingerprint density at radius 2 is 1.17 bits per heavy atom. The van der Waals surface area contributed by atoms with Crippen molar-refractivity contribution in [2.24, 2.45) is 0 Å². The quantitative estimate of drug-likeness (QED) is 0.706. The molecule has 0 unspecified atom stereocenters. The van der Waals surface area contributed by atoms with Crippen LogP contribution in [0.2, 0.25) is 10.3 Å². The van der Waals surface area contributed by atoms with Gasteiger partial charge >= 0.3 is 0 Å². The van der Waals surface area contributed by atoms with Crippen molar-refractivity contribution in [1.82, 2.24) is 9.97 Å². The van der Waals surface area contributed by atoms with Gasteiger partial charge in [-0.05, 0) is 31.6 Å². The lowest BCUT2D eigenvalue weighted by Crippen LogP contribution is -2.06. The van der Waals surface area contributed by atoms with Gasteiger partial charge < -0.3 is 0 Å². The fraction of sp³-hybridized carbons (Fsp3) is 0.714. The molecule has 0 aromatic carbocycles. The molecule has 18 heavy (non-hydrogen) atoms. The summed E-state index contributed by atoms with van der Waals surface area (Å²) < 4.78 is 0. The van der Waals surface area contributed by atoms with Crippen LogP contribution in [0, 0.1) is 0 Å². The molecule has 2 nitrogen and oxygen atoms in total. The first-order valence-corrected chi connectivity index (χ1v) is 7.74. The van der Waals surface area contributed by atoms with Crippen molar-refractivity contribution in [2.75, 3.05) is 0 Å². The highest BCUT2D eigenvalue weighted by molar-refractivity contribution is 6.34. The maximum Gasteiger partial charge on any atom is 0.137 e. The molecule has 2 fully saturated rings. The summed E-state index contributed by atoms with van der Waals surface area (Å²) in [4.78, 5) is 9.06. The first kappa shape index (κ1) is 12.7. The summed E-state index contributed by atoms with van der Waals surface area (Å²) in [6, 6.07) is 0. The van der Waals surface area contributed by atoms with Gasteiger partial charge in [0.05, 0.1) is 0 Å². The van der Waals surface area contributed by atoms with Crippen LogP contribution in [0.15, 0.2) is 0 Å². The maximum absolute atomic E-state index is 6.36. The molecule has 3 rings (SSSR count). The molecule has 2 aliphatic rings. The molecule has 0 saturated heterocycles. The van der Waals surface area contributed by atoms with Gasteiger partial charge in [0.25, 0.3) is 0 Å². The third-order valence-corrected chi connectivity index (χ3v) is 4.93. The molecule has 4 heteroatoms. The normalized spacial score (nSPS) is 21.9. The van der Waals surface area contributed by atoms with Gasteiger partial charge in [-0.3, -0.25) is 0 Å². The Bertz CT molecular complexity index is 412. The number of hydrogen-bond acceptors (Lipinski definition) is 2. The SMILES string of the molecule is Clc1nc(C2CCCC2)nc(Cl)c1C1CCCC1. The van der Waals surface area contributed by atoms with Crippen molar-refractivity contribution < 1.29 is 0 Å². The zero-order chi connectivity index (χ0) is 12.5. The van der Waals surface area contributed by atoms with Crippen LogP contribution in [-0.4, -0.2) is 9.97 Å². The fourth-order valence-corrected chi connectivity index (χ4v) is 4.06. The second-order valence-corrected chi connectivity index (χ2v) is 6.26. The van der Waals surface area contributed by atoms with E-state index in [-0.39, 0.29) is 0 Å². The Kier molecular flexibility index (Phi) is 3.76. The number of halogens is 2. The van der Waals surface area contributed by atoms with Crippen LogP contribution < -0.4 is 0 Å². The van der Waals surface area contributed by atoms with Gasteiger partial charge in [-0.25, -0.2) is 9.97 Å². The molecule has 1 aromatic rings. The first-order chi connectivity index (χ1) is 8.75. The third kappa shape index (κ3) is 2.37. The van der Waals surface area contributed by atoms with E-state index in [1.54, 1.807) is 0 Å². The Hall–Kier alpha value is -0.340. The molecule has 2 aliphatic carbocycles. The van der Waals surface area contributed by atoms with Crippen LogP contribution in [0.4, 0.5) is 0 Å². The van der Waals surface area contributed by atoms with E-state index in [2.05, 4.69) is 9.97 Å². The molecular formula is C14H18Cl2N2. The molecule has 0 N–H and O–H groups in total. The molecule has 1 aromatic heterocycles. The van der Waals surface area contributed by atoms with Gasteiger partial charge in [-0.2, -0.15) is 0 Å². The van der Waals surface area contributed by atoms with Crippen molar-refractivity contribution in [3.8, 4) is 0 Å². The van der Waals surface area contributed by atoms with E-state index in [0.29, 0.717) is 22.1 Å². The van der Waals surface area contributed by atoms with Crippen molar-refractivity contribution >= 4 is 23.2 Å². The summed E-state index contributed by atoms with van der Waals surface area (Å²) in [6.07, 6.45) is 9.77. The predicted octanol–water partition coefficient (Wildman–Crippen LogP) is 5.10. The van der Waals surface area contributed by atoms with Gasteiger partial charge in [0.2, 0.25) is 0 Å². The standard InChI is InChI=1S/C14H18Cl2N2/c15-12-11(9-5-1-2-6-9)13(16)18-14(17-12)10-7-3-4-8-10/h9-10H,1-8H2. The van der Waals surface area contributed by atoms with E-state index >= 15 is 0 Å². The molecule has 0 bridgehead atoms. The van der Waals surface area contributed by atoms with Crippen molar-refractivity contribution in [3.05, 3.63) is 21.7 Å². The van der Waals surface area contributed by atoms with Gasteiger partial charge in [-0.1, -0.05) is 48.9 Å². The van der Waals surface area contributed by atoms with E-state index in [0.717, 1.165) is 11.4 Å². The first-order valence-electron chi connectivity index (χ1n) is 6.98. The Balaban J connectivity index is 1.92. The molecule has 0 atom stereocenters. The van der Waals surface area contributed by atoms with E-state index in [9.17, 15) is 0 Å². The van der Waals surface area contributed by atoms with Crippen LogP contribution in [0.25, 0.3) is 0 Å². The van der Waals surface area contributed by atoms with Crippen LogP contribution in [-0.2, 0) is 0 Å². The molecule has 0 amide bonds. The van der Waals surface area contributed by atoms with Crippen LogP contribution in [0.3, 0.4) is 0 Å². The average Bonchev–Trinajstić information content (AvgIpc) is 3.01. The highest BCUT2D eigenvalue weighted by Crippen LogP contribution is 2.41. The minimum atomic E-state index is 0.470. The van der Waals surface area contributed by atoms with Gasteiger partial charge in [0.15, 0.2) is 0 Å². The fourth-order valence-electron chi connectivity index (χ4n) is 3.35. The zero-order valence-corrected chi connectivity index (χ0v) is 12.0. The van der Waals surface area contributed by atoms with E-state index in [1.165, 1.54) is 51.4 Å². The number of aromatic nitrogens is 2. The van der Waals surface area contributed by atoms with Crippen LogP contribution >= 0.6 is 23.2 Å². The minimum absolute atomic E-state index is 0.470. The number of nitrogens with zero attached hydrogens (tertiary/aromatic N) is 2. The van der Waals surface area contributed by atoms with E-state index in [1.807, 2.05) is 0 Å². The summed E-state index contributed by atoms with van der Waals surface area (Å²) in [7, 11) is 0. The monoisotopic (exact) mass is 284 g/mol. The summed E-state index contributed by atoms with van der Waals surface area (Å²) in [5.41, 5.74) is 0.998. The molecule has 98 valence electrons. The number of hydrogen-bond donors (Lipinski definition) is 0. The smallest absolute Gasteiger partial charge is 0.137 e. The van der Waals surface area contributed by atoms with Crippen LogP contribution in [0.5, 0.6) is 0 Å². The molecule has 0 radical (unpaired) electrons. The molecule has 1 heterocycles. The maximum atomic E-state index is 6.36. The van der Waals surface area contributed by atoms with E-state index < -0.39 is 0 Å².